The molecule has 0 aliphatic rings. The number of fused-ring (bicyclic) bond motifs is 1. The molecule has 0 radical (unpaired) electrons. The highest BCUT2D eigenvalue weighted by atomic mass is 32.2. The van der Waals surface area contributed by atoms with E-state index < -0.39 is 0 Å². The predicted molar refractivity (Wildman–Crippen MR) is 128 cm³/mol. The normalized spacial score (nSPS) is 11.2. The standard InChI is InChI=1S/C26H20FN3O2S/c1-16-8-13-22-19(14-23(31)32-24(22)17(16)2)15-33-26-29-28-25(18-9-11-20(27)12-10-18)30(26)21-6-4-3-5-7-21/h3-14H,15H2,1-2H3. The van der Waals surface area contributed by atoms with E-state index in [0.29, 0.717) is 22.3 Å². The Balaban J connectivity index is 1.57. The van der Waals surface area contributed by atoms with Gasteiger partial charge in [-0.3, -0.25) is 4.57 Å². The van der Waals surface area contributed by atoms with Gasteiger partial charge in [-0.05, 0) is 66.9 Å². The lowest BCUT2D eigenvalue weighted by Gasteiger charge is -2.11. The van der Waals surface area contributed by atoms with Gasteiger partial charge in [-0.2, -0.15) is 0 Å². The van der Waals surface area contributed by atoms with Gasteiger partial charge in [-0.1, -0.05) is 42.1 Å². The molecule has 5 aromatic rings. The Kier molecular flexibility index (Phi) is 5.56. The van der Waals surface area contributed by atoms with Crippen molar-refractivity contribution >= 4 is 22.7 Å². The minimum absolute atomic E-state index is 0.306. The number of halogens is 1. The summed E-state index contributed by atoms with van der Waals surface area (Å²) in [6, 6.07) is 21.5. The van der Waals surface area contributed by atoms with Crippen LogP contribution in [0.4, 0.5) is 4.39 Å². The van der Waals surface area contributed by atoms with E-state index in [0.717, 1.165) is 33.3 Å². The minimum Gasteiger partial charge on any atom is -0.422 e. The lowest BCUT2D eigenvalue weighted by Crippen LogP contribution is -2.03. The van der Waals surface area contributed by atoms with Crippen LogP contribution in [-0.2, 0) is 5.75 Å². The van der Waals surface area contributed by atoms with E-state index in [4.69, 9.17) is 4.42 Å². The molecular formula is C26H20FN3O2S. The molecular weight excluding hydrogens is 437 g/mol. The zero-order chi connectivity index (χ0) is 22.9. The van der Waals surface area contributed by atoms with Crippen molar-refractivity contribution in [1.29, 1.82) is 0 Å². The highest BCUT2D eigenvalue weighted by Crippen LogP contribution is 2.32. The monoisotopic (exact) mass is 457 g/mol. The van der Waals surface area contributed by atoms with Crippen molar-refractivity contribution < 1.29 is 8.81 Å². The molecule has 164 valence electrons. The molecule has 0 atom stereocenters. The number of benzene rings is 3. The van der Waals surface area contributed by atoms with Crippen molar-refractivity contribution in [2.75, 3.05) is 0 Å². The average Bonchev–Trinajstić information content (AvgIpc) is 3.25. The molecule has 0 aliphatic carbocycles. The highest BCUT2D eigenvalue weighted by molar-refractivity contribution is 7.98. The maximum Gasteiger partial charge on any atom is 0.336 e. The quantitative estimate of drug-likeness (QED) is 0.236. The number of thioether (sulfide) groups is 1. The molecule has 7 heteroatoms. The second kappa shape index (κ2) is 8.67. The summed E-state index contributed by atoms with van der Waals surface area (Å²) >= 11 is 1.48. The molecule has 0 bridgehead atoms. The second-order valence-corrected chi connectivity index (χ2v) is 8.69. The van der Waals surface area contributed by atoms with Crippen LogP contribution >= 0.6 is 11.8 Å². The van der Waals surface area contributed by atoms with Crippen molar-refractivity contribution in [3.05, 3.63) is 106 Å². The SMILES string of the molecule is Cc1ccc2c(CSc3nnc(-c4ccc(F)cc4)n3-c3ccccc3)cc(=O)oc2c1C. The van der Waals surface area contributed by atoms with Gasteiger partial charge in [0, 0.05) is 28.5 Å². The smallest absolute Gasteiger partial charge is 0.336 e. The summed E-state index contributed by atoms with van der Waals surface area (Å²) in [5.74, 6) is 0.825. The van der Waals surface area contributed by atoms with Gasteiger partial charge in [0.25, 0.3) is 0 Å². The van der Waals surface area contributed by atoms with Crippen LogP contribution in [0, 0.1) is 19.7 Å². The fraction of sp³-hybridized carbons (Fsp3) is 0.115. The molecule has 2 aromatic heterocycles. The van der Waals surface area contributed by atoms with E-state index in [1.807, 2.05) is 60.9 Å². The first-order chi connectivity index (χ1) is 16.0. The first-order valence-corrected chi connectivity index (χ1v) is 11.4. The lowest BCUT2D eigenvalue weighted by molar-refractivity contribution is 0.557. The number of hydrogen-bond acceptors (Lipinski definition) is 5. The van der Waals surface area contributed by atoms with Crippen molar-refractivity contribution in [2.24, 2.45) is 0 Å². The number of hydrogen-bond donors (Lipinski definition) is 0. The number of rotatable bonds is 5. The molecule has 2 heterocycles. The zero-order valence-electron chi connectivity index (χ0n) is 18.1. The van der Waals surface area contributed by atoms with Gasteiger partial charge in [-0.25, -0.2) is 9.18 Å². The number of para-hydroxylation sites is 1. The van der Waals surface area contributed by atoms with Gasteiger partial charge < -0.3 is 4.42 Å². The maximum absolute atomic E-state index is 13.5. The summed E-state index contributed by atoms with van der Waals surface area (Å²) in [5.41, 5.74) is 4.81. The molecule has 0 saturated carbocycles. The third kappa shape index (κ3) is 4.07. The Bertz CT molecular complexity index is 1510. The molecule has 0 saturated heterocycles. The van der Waals surface area contributed by atoms with Crippen molar-refractivity contribution in [3.8, 4) is 17.1 Å². The third-order valence-corrected chi connectivity index (χ3v) is 6.60. The van der Waals surface area contributed by atoms with Gasteiger partial charge in [0.05, 0.1) is 0 Å². The van der Waals surface area contributed by atoms with Crippen LogP contribution in [-0.4, -0.2) is 14.8 Å². The molecule has 0 spiro atoms. The van der Waals surface area contributed by atoms with E-state index in [2.05, 4.69) is 10.2 Å². The minimum atomic E-state index is -0.372. The van der Waals surface area contributed by atoms with Crippen molar-refractivity contribution in [3.63, 3.8) is 0 Å². The lowest BCUT2D eigenvalue weighted by atomic mass is 10.0. The maximum atomic E-state index is 13.5. The molecule has 3 aromatic carbocycles. The van der Waals surface area contributed by atoms with Gasteiger partial charge >= 0.3 is 5.63 Å². The first-order valence-electron chi connectivity index (χ1n) is 10.4. The van der Waals surface area contributed by atoms with Crippen LogP contribution in [0.3, 0.4) is 0 Å². The van der Waals surface area contributed by atoms with Crippen LogP contribution in [0.1, 0.15) is 16.7 Å². The average molecular weight is 458 g/mol. The molecule has 0 unspecified atom stereocenters. The molecule has 0 aliphatic heterocycles. The van der Waals surface area contributed by atoms with Gasteiger partial charge in [-0.15, -0.1) is 10.2 Å². The number of aromatic nitrogens is 3. The Labute approximate surface area is 193 Å². The van der Waals surface area contributed by atoms with Crippen molar-refractivity contribution in [1.82, 2.24) is 14.8 Å². The summed E-state index contributed by atoms with van der Waals surface area (Å²) in [6.07, 6.45) is 0. The van der Waals surface area contributed by atoms with Crippen LogP contribution < -0.4 is 5.63 Å². The van der Waals surface area contributed by atoms with E-state index >= 15 is 0 Å². The van der Waals surface area contributed by atoms with Gasteiger partial charge in [0.1, 0.15) is 11.4 Å². The third-order valence-electron chi connectivity index (χ3n) is 5.62. The Morgan fingerprint density at radius 2 is 1.73 bits per heavy atom. The molecule has 0 amide bonds. The van der Waals surface area contributed by atoms with Crippen LogP contribution in [0.2, 0.25) is 0 Å². The molecule has 0 fully saturated rings. The van der Waals surface area contributed by atoms with E-state index in [1.54, 1.807) is 12.1 Å². The fourth-order valence-corrected chi connectivity index (χ4v) is 4.69. The summed E-state index contributed by atoms with van der Waals surface area (Å²) in [5, 5.41) is 10.4. The predicted octanol–water partition coefficient (Wildman–Crippen LogP) is 6.09. The zero-order valence-corrected chi connectivity index (χ0v) is 18.9. The summed E-state index contributed by atoms with van der Waals surface area (Å²) < 4.78 is 20.9. The number of aryl methyl sites for hydroxylation is 2. The first kappa shape index (κ1) is 21.2. The van der Waals surface area contributed by atoms with Crippen LogP contribution in [0.15, 0.2) is 87.2 Å². The van der Waals surface area contributed by atoms with E-state index in [1.165, 1.54) is 30.0 Å². The Hall–Kier alpha value is -3.71. The Morgan fingerprint density at radius 3 is 2.48 bits per heavy atom. The van der Waals surface area contributed by atoms with Crippen LogP contribution in [0.25, 0.3) is 28.0 Å². The molecule has 5 rings (SSSR count). The fourth-order valence-electron chi connectivity index (χ4n) is 3.75. The van der Waals surface area contributed by atoms with Crippen molar-refractivity contribution in [2.45, 2.75) is 24.8 Å². The number of nitrogens with zero attached hydrogens (tertiary/aromatic N) is 3. The largest absolute Gasteiger partial charge is 0.422 e. The van der Waals surface area contributed by atoms with Gasteiger partial charge in [0.15, 0.2) is 11.0 Å². The summed E-state index contributed by atoms with van der Waals surface area (Å²) in [7, 11) is 0. The Morgan fingerprint density at radius 1 is 0.970 bits per heavy atom. The summed E-state index contributed by atoms with van der Waals surface area (Å²) in [6.45, 7) is 3.95. The van der Waals surface area contributed by atoms with E-state index in [-0.39, 0.29) is 11.4 Å². The molecule has 33 heavy (non-hydrogen) atoms. The topological polar surface area (TPSA) is 60.9 Å². The summed E-state index contributed by atoms with van der Waals surface area (Å²) in [4.78, 5) is 12.2. The molecule has 0 N–H and O–H groups in total. The second-order valence-electron chi connectivity index (χ2n) is 7.75. The van der Waals surface area contributed by atoms with Gasteiger partial charge in [0.2, 0.25) is 0 Å². The molecule has 5 nitrogen and oxygen atoms in total. The van der Waals surface area contributed by atoms with E-state index in [9.17, 15) is 9.18 Å². The van der Waals surface area contributed by atoms with Crippen LogP contribution in [0.5, 0.6) is 0 Å². The highest BCUT2D eigenvalue weighted by Gasteiger charge is 2.17.